The molecule has 0 radical (unpaired) electrons. The largest absolute Gasteiger partial charge is 0.466 e. The summed E-state index contributed by atoms with van der Waals surface area (Å²) < 4.78 is 10.8. The van der Waals surface area contributed by atoms with Crippen LogP contribution in [0.25, 0.3) is 5.57 Å². The van der Waals surface area contributed by atoms with Gasteiger partial charge in [0.05, 0.1) is 30.1 Å². The van der Waals surface area contributed by atoms with E-state index in [1.54, 1.807) is 19.1 Å². The van der Waals surface area contributed by atoms with Gasteiger partial charge >= 0.3 is 5.97 Å². The first-order chi connectivity index (χ1) is 17.8. The molecule has 1 N–H and O–H groups in total. The van der Waals surface area contributed by atoms with E-state index in [-0.39, 0.29) is 11.6 Å². The molecule has 3 aromatic rings. The summed E-state index contributed by atoms with van der Waals surface area (Å²) in [5.41, 5.74) is 3.82. The molecule has 0 bridgehead atoms. The van der Waals surface area contributed by atoms with Gasteiger partial charge < -0.3 is 14.6 Å². The number of hydrogen-bond donors (Lipinski definition) is 1. The number of nitrogens with one attached hydrogen (secondary N) is 1. The van der Waals surface area contributed by atoms with E-state index in [0.717, 1.165) is 13.1 Å². The van der Waals surface area contributed by atoms with Crippen molar-refractivity contribution < 1.29 is 19.0 Å². The number of aromatic nitrogens is 2. The Bertz CT molecular complexity index is 1360. The summed E-state index contributed by atoms with van der Waals surface area (Å²) in [5, 5.41) is 18.9. The molecule has 10 heteroatoms. The van der Waals surface area contributed by atoms with Gasteiger partial charge in [-0.25, -0.2) is 4.79 Å². The third-order valence-electron chi connectivity index (χ3n) is 6.34. The van der Waals surface area contributed by atoms with Gasteiger partial charge in [0, 0.05) is 35.6 Å². The minimum Gasteiger partial charge on any atom is -0.466 e. The number of dihydropyridines is 1. The van der Waals surface area contributed by atoms with Crippen LogP contribution in [0, 0.1) is 10.1 Å². The molecule has 1 aromatic heterocycles. The molecular weight excluding hydrogens is 474 g/mol. The lowest BCUT2D eigenvalue weighted by molar-refractivity contribution is -0.384. The number of methoxy groups -OCH3 is 1. The number of ether oxygens (including phenoxy) is 1. The number of nitro benzene ring substituents is 1. The molecule has 1 unspecified atom stereocenters. The number of nitrogens with zero attached hydrogens (tertiary/aromatic N) is 4. The van der Waals surface area contributed by atoms with Crippen LogP contribution in [0.5, 0.6) is 0 Å². The number of nitro groups is 1. The standard InChI is InChI=1S/C27H29N5O5/c1-5-31(15-19-10-7-6-8-11-19)16-22-29-26(37-30-22)23-17(2)28-18(3)24(27(33)36-4)25(23)20-12-9-13-21(14-20)32(34)35/h6-14,25,28H,5,15-16H2,1-4H3. The van der Waals surface area contributed by atoms with E-state index in [1.165, 1.54) is 24.8 Å². The van der Waals surface area contributed by atoms with Crippen molar-refractivity contribution in [3.63, 3.8) is 0 Å². The maximum atomic E-state index is 12.9. The van der Waals surface area contributed by atoms with Crippen LogP contribution in [0.3, 0.4) is 0 Å². The number of rotatable bonds is 9. The Kier molecular flexibility index (Phi) is 7.78. The van der Waals surface area contributed by atoms with Gasteiger partial charge in [0.15, 0.2) is 5.82 Å². The summed E-state index contributed by atoms with van der Waals surface area (Å²) in [7, 11) is 1.30. The fourth-order valence-corrected chi connectivity index (χ4v) is 4.56. The van der Waals surface area contributed by atoms with Crippen molar-refractivity contribution in [2.75, 3.05) is 13.7 Å². The molecule has 1 atom stereocenters. The predicted molar refractivity (Wildman–Crippen MR) is 137 cm³/mol. The Morgan fingerprint density at radius 1 is 1.14 bits per heavy atom. The number of carbonyl (C=O) groups excluding carboxylic acids is 1. The summed E-state index contributed by atoms with van der Waals surface area (Å²) in [6, 6.07) is 16.3. The first-order valence-corrected chi connectivity index (χ1v) is 11.9. The molecule has 10 nitrogen and oxygen atoms in total. The molecule has 0 aliphatic carbocycles. The number of allylic oxidation sites excluding steroid dienone is 3. The first-order valence-electron chi connectivity index (χ1n) is 11.9. The maximum absolute atomic E-state index is 12.9. The highest BCUT2D eigenvalue weighted by Crippen LogP contribution is 2.43. The molecule has 0 saturated carbocycles. The lowest BCUT2D eigenvalue weighted by atomic mass is 9.80. The van der Waals surface area contributed by atoms with Crippen molar-refractivity contribution in [3.8, 4) is 0 Å². The minimum atomic E-state index is -0.700. The van der Waals surface area contributed by atoms with Crippen molar-refractivity contribution in [1.29, 1.82) is 0 Å². The van der Waals surface area contributed by atoms with Crippen LogP contribution >= 0.6 is 0 Å². The van der Waals surface area contributed by atoms with Gasteiger partial charge in [0.25, 0.3) is 11.6 Å². The van der Waals surface area contributed by atoms with Crippen LogP contribution in [-0.2, 0) is 22.6 Å². The second kappa shape index (κ2) is 11.2. The topological polar surface area (TPSA) is 124 Å². The monoisotopic (exact) mass is 503 g/mol. The molecule has 37 heavy (non-hydrogen) atoms. The summed E-state index contributed by atoms with van der Waals surface area (Å²) in [6.07, 6.45) is 0. The average molecular weight is 504 g/mol. The van der Waals surface area contributed by atoms with E-state index in [9.17, 15) is 14.9 Å². The predicted octanol–water partition coefficient (Wildman–Crippen LogP) is 4.56. The van der Waals surface area contributed by atoms with Crippen LogP contribution < -0.4 is 5.32 Å². The molecule has 1 aliphatic rings. The molecule has 0 saturated heterocycles. The second-order valence-corrected chi connectivity index (χ2v) is 8.78. The lowest BCUT2D eigenvalue weighted by Crippen LogP contribution is -2.28. The second-order valence-electron chi connectivity index (χ2n) is 8.78. The zero-order valence-corrected chi connectivity index (χ0v) is 21.2. The molecule has 2 aromatic carbocycles. The molecule has 1 aliphatic heterocycles. The smallest absolute Gasteiger partial charge is 0.336 e. The number of benzene rings is 2. The Balaban J connectivity index is 1.71. The van der Waals surface area contributed by atoms with Gasteiger partial charge in [-0.1, -0.05) is 54.5 Å². The molecule has 2 heterocycles. The highest BCUT2D eigenvalue weighted by molar-refractivity contribution is 5.96. The van der Waals surface area contributed by atoms with Gasteiger partial charge in [0.1, 0.15) is 0 Å². The van der Waals surface area contributed by atoms with Gasteiger partial charge in [-0.05, 0) is 31.5 Å². The summed E-state index contributed by atoms with van der Waals surface area (Å²) in [6.45, 7) is 7.65. The number of non-ortho nitro benzene ring substituents is 1. The Morgan fingerprint density at radius 2 is 1.89 bits per heavy atom. The maximum Gasteiger partial charge on any atom is 0.336 e. The average Bonchev–Trinajstić information content (AvgIpc) is 3.35. The number of carbonyl (C=O) groups is 1. The molecular formula is C27H29N5O5. The zero-order chi connectivity index (χ0) is 26.5. The summed E-state index contributed by atoms with van der Waals surface area (Å²) in [5.74, 6) is -0.516. The van der Waals surface area contributed by atoms with E-state index in [4.69, 9.17) is 9.26 Å². The van der Waals surface area contributed by atoms with Gasteiger partial charge in [-0.2, -0.15) is 4.98 Å². The molecule has 0 spiro atoms. The molecule has 0 amide bonds. The minimum absolute atomic E-state index is 0.0828. The highest BCUT2D eigenvalue weighted by atomic mass is 16.6. The summed E-state index contributed by atoms with van der Waals surface area (Å²) >= 11 is 0. The Morgan fingerprint density at radius 3 is 2.57 bits per heavy atom. The van der Waals surface area contributed by atoms with Gasteiger partial charge in [0.2, 0.25) is 0 Å². The van der Waals surface area contributed by atoms with Crippen molar-refractivity contribution in [1.82, 2.24) is 20.4 Å². The third-order valence-corrected chi connectivity index (χ3v) is 6.34. The molecule has 4 rings (SSSR count). The van der Waals surface area contributed by atoms with E-state index in [0.29, 0.717) is 40.5 Å². The first kappa shape index (κ1) is 25.8. The van der Waals surface area contributed by atoms with Crippen LogP contribution in [0.1, 0.15) is 49.5 Å². The van der Waals surface area contributed by atoms with Crippen molar-refractivity contribution >= 4 is 17.2 Å². The van der Waals surface area contributed by atoms with E-state index < -0.39 is 16.8 Å². The van der Waals surface area contributed by atoms with Crippen molar-refractivity contribution in [3.05, 3.63) is 105 Å². The molecule has 0 fully saturated rings. The van der Waals surface area contributed by atoms with E-state index in [1.807, 2.05) is 25.1 Å². The van der Waals surface area contributed by atoms with Gasteiger partial charge in [-0.3, -0.25) is 15.0 Å². The lowest BCUT2D eigenvalue weighted by Gasteiger charge is -2.29. The van der Waals surface area contributed by atoms with Crippen molar-refractivity contribution in [2.45, 2.75) is 39.8 Å². The number of hydrogen-bond acceptors (Lipinski definition) is 9. The van der Waals surface area contributed by atoms with E-state index in [2.05, 4.69) is 39.4 Å². The Hall–Kier alpha value is -4.31. The third kappa shape index (κ3) is 5.59. The van der Waals surface area contributed by atoms with Crippen LogP contribution in [0.2, 0.25) is 0 Å². The normalized spacial score (nSPS) is 15.6. The van der Waals surface area contributed by atoms with Crippen molar-refractivity contribution in [2.24, 2.45) is 0 Å². The summed E-state index contributed by atoms with van der Waals surface area (Å²) in [4.78, 5) is 30.7. The fourth-order valence-electron chi connectivity index (χ4n) is 4.56. The highest BCUT2D eigenvalue weighted by Gasteiger charge is 2.37. The van der Waals surface area contributed by atoms with Crippen LogP contribution in [0.15, 0.2) is 76.1 Å². The fraction of sp³-hybridized carbons (Fsp3) is 0.296. The van der Waals surface area contributed by atoms with Crippen LogP contribution in [0.4, 0.5) is 5.69 Å². The number of esters is 1. The quantitative estimate of drug-likeness (QED) is 0.254. The molecule has 192 valence electrons. The Labute approximate surface area is 214 Å². The van der Waals surface area contributed by atoms with Gasteiger partial charge in [-0.15, -0.1) is 0 Å². The zero-order valence-electron chi connectivity index (χ0n) is 21.2. The van der Waals surface area contributed by atoms with Crippen LogP contribution in [-0.4, -0.2) is 39.6 Å². The van der Waals surface area contributed by atoms with E-state index >= 15 is 0 Å². The SMILES string of the molecule is CCN(Cc1ccccc1)Cc1noc(C2=C(C)NC(C)=C(C(=O)OC)C2c2cccc([N+](=O)[O-])c2)n1.